The summed E-state index contributed by atoms with van der Waals surface area (Å²) < 4.78 is 0. The lowest BCUT2D eigenvalue weighted by Gasteiger charge is -2.58. The molecule has 3 heterocycles. The fourth-order valence-corrected chi connectivity index (χ4v) is 4.69. The molecule has 0 unspecified atom stereocenters. The number of piperazine rings is 1. The van der Waals surface area contributed by atoms with Gasteiger partial charge in [0.1, 0.15) is 0 Å². The minimum absolute atomic E-state index is 0.0479. The molecule has 5 rings (SSSR count). The molecule has 1 N–H and O–H groups in total. The highest BCUT2D eigenvalue weighted by Crippen LogP contribution is 2.44. The van der Waals surface area contributed by atoms with Crippen molar-refractivity contribution >= 4 is 11.8 Å². The highest BCUT2D eigenvalue weighted by atomic mass is 16.3. The largest absolute Gasteiger partial charge is 0.394 e. The molecule has 6 heteroatoms. The maximum Gasteiger partial charge on any atom is 0.242 e. The highest BCUT2D eigenvalue weighted by molar-refractivity contribution is 5.89. The van der Waals surface area contributed by atoms with Gasteiger partial charge in [-0.15, -0.1) is 0 Å². The van der Waals surface area contributed by atoms with Crippen molar-refractivity contribution in [2.24, 2.45) is 5.92 Å². The number of aliphatic hydroxyl groups is 1. The van der Waals surface area contributed by atoms with Crippen LogP contribution in [0, 0.1) is 5.92 Å². The minimum Gasteiger partial charge on any atom is -0.394 e. The number of amides is 2. The monoisotopic (exact) mass is 377 g/mol. The fourth-order valence-electron chi connectivity index (χ4n) is 4.69. The summed E-state index contributed by atoms with van der Waals surface area (Å²) in [7, 11) is 0. The van der Waals surface area contributed by atoms with E-state index < -0.39 is 0 Å². The lowest BCUT2D eigenvalue weighted by atomic mass is 9.73. The van der Waals surface area contributed by atoms with Crippen molar-refractivity contribution in [3.05, 3.63) is 54.4 Å². The van der Waals surface area contributed by atoms with Gasteiger partial charge in [0.25, 0.3) is 0 Å². The first-order chi connectivity index (χ1) is 13.7. The van der Waals surface area contributed by atoms with Gasteiger partial charge in [0.2, 0.25) is 11.8 Å². The summed E-state index contributed by atoms with van der Waals surface area (Å²) in [5.41, 5.74) is 3.23. The van der Waals surface area contributed by atoms with Gasteiger partial charge in [-0.1, -0.05) is 30.3 Å². The molecule has 2 aromatic rings. The molecule has 3 atom stereocenters. The number of carbonyl (C=O) groups is 2. The minimum atomic E-state index is -0.208. The van der Waals surface area contributed by atoms with Crippen LogP contribution in [0.25, 0.3) is 11.1 Å². The van der Waals surface area contributed by atoms with Gasteiger partial charge in [0.15, 0.2) is 0 Å². The van der Waals surface area contributed by atoms with Crippen LogP contribution >= 0.6 is 0 Å². The summed E-state index contributed by atoms with van der Waals surface area (Å²) in [6.45, 7) is 0.648. The number of fused-ring (bicyclic) bond motifs is 1. The molecule has 3 fully saturated rings. The molecule has 1 saturated carbocycles. The molecular formula is C22H23N3O3. The van der Waals surface area contributed by atoms with Crippen LogP contribution in [-0.4, -0.2) is 63.5 Å². The van der Waals surface area contributed by atoms with Crippen molar-refractivity contribution in [1.29, 1.82) is 0 Å². The van der Waals surface area contributed by atoms with E-state index in [2.05, 4.69) is 29.2 Å². The van der Waals surface area contributed by atoms with Crippen LogP contribution in [0.3, 0.4) is 0 Å². The molecule has 1 aromatic heterocycles. The zero-order valence-corrected chi connectivity index (χ0v) is 15.6. The average molecular weight is 377 g/mol. The summed E-state index contributed by atoms with van der Waals surface area (Å²) in [5.74, 6) is 0.232. The van der Waals surface area contributed by atoms with E-state index in [0.29, 0.717) is 6.54 Å². The molecule has 1 aliphatic carbocycles. The number of aromatic nitrogens is 1. The Kier molecular flexibility index (Phi) is 4.16. The van der Waals surface area contributed by atoms with E-state index in [0.717, 1.165) is 29.5 Å². The number of rotatable bonds is 4. The number of carbonyl (C=O) groups excluding carboxylic acids is 2. The molecule has 2 amide bonds. The average Bonchev–Trinajstić information content (AvgIpc) is 3.55. The Hall–Kier alpha value is -2.73. The van der Waals surface area contributed by atoms with Crippen molar-refractivity contribution in [1.82, 2.24) is 14.8 Å². The first kappa shape index (κ1) is 17.4. The van der Waals surface area contributed by atoms with Crippen LogP contribution < -0.4 is 0 Å². The molecular weight excluding hydrogens is 354 g/mol. The van der Waals surface area contributed by atoms with Gasteiger partial charge in [-0.05, 0) is 35.6 Å². The van der Waals surface area contributed by atoms with E-state index in [4.69, 9.17) is 0 Å². The summed E-state index contributed by atoms with van der Waals surface area (Å²) in [6, 6.07) is 11.9. The summed E-state index contributed by atoms with van der Waals surface area (Å²) in [5, 5.41) is 9.90. The van der Waals surface area contributed by atoms with Crippen LogP contribution in [0.4, 0.5) is 0 Å². The topological polar surface area (TPSA) is 73.7 Å². The Morgan fingerprint density at radius 2 is 1.93 bits per heavy atom. The second-order valence-corrected chi connectivity index (χ2v) is 8.00. The van der Waals surface area contributed by atoms with Gasteiger partial charge in [0, 0.05) is 30.8 Å². The summed E-state index contributed by atoms with van der Waals surface area (Å²) in [4.78, 5) is 32.8. The Labute approximate surface area is 163 Å². The van der Waals surface area contributed by atoms with Gasteiger partial charge in [0.05, 0.1) is 25.2 Å². The van der Waals surface area contributed by atoms with E-state index in [1.165, 1.54) is 0 Å². The highest BCUT2D eigenvalue weighted by Gasteiger charge is 2.55. The van der Waals surface area contributed by atoms with Crippen molar-refractivity contribution in [3.8, 4) is 11.1 Å². The van der Waals surface area contributed by atoms with Crippen LogP contribution in [0.5, 0.6) is 0 Å². The molecule has 6 nitrogen and oxygen atoms in total. The van der Waals surface area contributed by atoms with E-state index in [1.807, 2.05) is 18.3 Å². The van der Waals surface area contributed by atoms with Crippen LogP contribution in [0.1, 0.15) is 24.3 Å². The van der Waals surface area contributed by atoms with Crippen LogP contribution in [0.15, 0.2) is 48.8 Å². The first-order valence-corrected chi connectivity index (χ1v) is 9.88. The third-order valence-corrected chi connectivity index (χ3v) is 6.28. The molecule has 0 spiro atoms. The maximum atomic E-state index is 12.6. The molecule has 144 valence electrons. The summed E-state index contributed by atoms with van der Waals surface area (Å²) in [6.07, 6.45) is 5.46. The van der Waals surface area contributed by atoms with Crippen molar-refractivity contribution < 1.29 is 14.7 Å². The molecule has 0 radical (unpaired) electrons. The number of aliphatic hydroxyl groups excluding tert-OH is 1. The first-order valence-electron chi connectivity index (χ1n) is 9.88. The van der Waals surface area contributed by atoms with E-state index >= 15 is 0 Å². The zero-order valence-electron chi connectivity index (χ0n) is 15.6. The van der Waals surface area contributed by atoms with Gasteiger partial charge < -0.3 is 14.9 Å². The SMILES string of the molecule is O=C(C1CC1)N1CC(=O)N2[C@H](CO)[C@H](c3ccc(-c4cccnc4)cc3)[C@@H]2C1. The molecule has 2 saturated heterocycles. The zero-order chi connectivity index (χ0) is 19.3. The quantitative estimate of drug-likeness (QED) is 0.879. The Bertz CT molecular complexity index is 895. The van der Waals surface area contributed by atoms with E-state index in [1.54, 1.807) is 16.0 Å². The second kappa shape index (κ2) is 6.71. The fraction of sp³-hybridized carbons (Fsp3) is 0.409. The Morgan fingerprint density at radius 3 is 2.57 bits per heavy atom. The van der Waals surface area contributed by atoms with Gasteiger partial charge in [-0.2, -0.15) is 0 Å². The normalized spacial score (nSPS) is 26.6. The van der Waals surface area contributed by atoms with Gasteiger partial charge in [-0.3, -0.25) is 14.6 Å². The van der Waals surface area contributed by atoms with Gasteiger partial charge >= 0.3 is 0 Å². The van der Waals surface area contributed by atoms with Crippen LogP contribution in [0.2, 0.25) is 0 Å². The van der Waals surface area contributed by atoms with E-state index in [9.17, 15) is 14.7 Å². The maximum absolute atomic E-state index is 12.6. The van der Waals surface area contributed by atoms with Crippen molar-refractivity contribution in [2.45, 2.75) is 30.8 Å². The second-order valence-electron chi connectivity index (χ2n) is 8.00. The predicted octanol–water partition coefficient (Wildman–Crippen LogP) is 1.66. The van der Waals surface area contributed by atoms with Crippen molar-refractivity contribution in [2.75, 3.05) is 19.7 Å². The van der Waals surface area contributed by atoms with Crippen molar-refractivity contribution in [3.63, 3.8) is 0 Å². The third-order valence-electron chi connectivity index (χ3n) is 6.28. The number of hydrogen-bond donors (Lipinski definition) is 1. The molecule has 0 bridgehead atoms. The molecule has 28 heavy (non-hydrogen) atoms. The molecule has 2 aliphatic heterocycles. The summed E-state index contributed by atoms with van der Waals surface area (Å²) >= 11 is 0. The lowest BCUT2D eigenvalue weighted by molar-refractivity contribution is -0.167. The van der Waals surface area contributed by atoms with Gasteiger partial charge in [-0.25, -0.2) is 0 Å². The molecule has 1 aromatic carbocycles. The predicted molar refractivity (Wildman–Crippen MR) is 103 cm³/mol. The lowest BCUT2D eigenvalue weighted by Crippen LogP contribution is -2.73. The number of nitrogens with zero attached hydrogens (tertiary/aromatic N) is 3. The third kappa shape index (κ3) is 2.79. The number of benzene rings is 1. The van der Waals surface area contributed by atoms with Crippen LogP contribution in [-0.2, 0) is 9.59 Å². The Morgan fingerprint density at radius 1 is 1.14 bits per heavy atom. The smallest absolute Gasteiger partial charge is 0.242 e. The molecule has 3 aliphatic rings. The number of pyridine rings is 1. The van der Waals surface area contributed by atoms with E-state index in [-0.39, 0.29) is 48.9 Å². The Balaban J connectivity index is 1.39. The number of hydrogen-bond acceptors (Lipinski definition) is 4. The standard InChI is InChI=1S/C22H23N3O3/c26-13-19-21(15-5-3-14(4-6-15)17-2-1-9-23-10-17)18-11-24(12-20(27)25(18)19)22(28)16-7-8-16/h1-6,9-10,16,18-19,21,26H,7-8,11-13H2/t18-,19+,21+/m0/s1.